The molecular formula is C30H38N6OS. The van der Waals surface area contributed by atoms with Crippen LogP contribution in [0.25, 0.3) is 27.1 Å². The summed E-state index contributed by atoms with van der Waals surface area (Å²) in [7, 11) is 0. The molecule has 0 radical (unpaired) electrons. The lowest BCUT2D eigenvalue weighted by atomic mass is 9.65. The predicted octanol–water partition coefficient (Wildman–Crippen LogP) is 5.95. The van der Waals surface area contributed by atoms with Gasteiger partial charge in [-0.3, -0.25) is 9.69 Å². The molecule has 4 aromatic rings. The summed E-state index contributed by atoms with van der Waals surface area (Å²) in [6.07, 6.45) is 11.2. The van der Waals surface area contributed by atoms with Crippen LogP contribution in [0.2, 0.25) is 0 Å². The van der Waals surface area contributed by atoms with Crippen molar-refractivity contribution in [2.45, 2.75) is 71.1 Å². The molecule has 7 rings (SSSR count). The fraction of sp³-hybridized carbons (Fsp3) is 0.567. The highest BCUT2D eigenvalue weighted by Crippen LogP contribution is 2.51. The van der Waals surface area contributed by atoms with Crippen LogP contribution in [-0.2, 0) is 4.79 Å². The molecule has 1 N–H and O–H groups in total. The first-order chi connectivity index (χ1) is 18.4. The minimum Gasteiger partial charge on any atom is -0.354 e. The molecule has 3 fully saturated rings. The molecule has 200 valence electrons. The molecule has 0 unspecified atom stereocenters. The topological polar surface area (TPSA) is 69.5 Å². The molecule has 0 bridgehead atoms. The first-order valence-electron chi connectivity index (χ1n) is 14.3. The number of rotatable bonds is 5. The normalized spacial score (nSPS) is 20.4. The van der Waals surface area contributed by atoms with Crippen molar-refractivity contribution in [3.63, 3.8) is 0 Å². The fourth-order valence-electron chi connectivity index (χ4n) is 7.23. The van der Waals surface area contributed by atoms with Crippen molar-refractivity contribution in [3.8, 4) is 11.3 Å². The average molecular weight is 531 g/mol. The molecule has 38 heavy (non-hydrogen) atoms. The van der Waals surface area contributed by atoms with E-state index < -0.39 is 0 Å². The van der Waals surface area contributed by atoms with E-state index in [2.05, 4.69) is 64.0 Å². The van der Waals surface area contributed by atoms with Crippen LogP contribution in [0.15, 0.2) is 24.7 Å². The van der Waals surface area contributed by atoms with E-state index in [1.165, 1.54) is 70.4 Å². The van der Waals surface area contributed by atoms with Crippen LogP contribution in [0.5, 0.6) is 0 Å². The van der Waals surface area contributed by atoms with Crippen molar-refractivity contribution in [2.24, 2.45) is 5.41 Å². The number of aromatic nitrogens is 4. The molecule has 0 aromatic carbocycles. The number of aromatic amines is 1. The molecule has 4 aromatic heterocycles. The van der Waals surface area contributed by atoms with Gasteiger partial charge in [0, 0.05) is 35.1 Å². The third kappa shape index (κ3) is 4.08. The lowest BCUT2D eigenvalue weighted by Gasteiger charge is -2.53. The van der Waals surface area contributed by atoms with Gasteiger partial charge in [-0.25, -0.2) is 9.50 Å². The number of hydrogen-bond donors (Lipinski definition) is 1. The zero-order chi connectivity index (χ0) is 26.0. The summed E-state index contributed by atoms with van der Waals surface area (Å²) < 4.78 is 3.29. The molecule has 1 amide bonds. The van der Waals surface area contributed by atoms with Gasteiger partial charge in [-0.1, -0.05) is 13.8 Å². The number of H-pyrrole nitrogens is 1. The van der Waals surface area contributed by atoms with E-state index >= 15 is 0 Å². The van der Waals surface area contributed by atoms with Gasteiger partial charge in [0.05, 0.1) is 22.5 Å². The van der Waals surface area contributed by atoms with Gasteiger partial charge in [0.1, 0.15) is 6.33 Å². The molecule has 0 atom stereocenters. The Morgan fingerprint density at radius 3 is 2.68 bits per heavy atom. The maximum atomic E-state index is 12.7. The molecule has 3 aliphatic rings. The maximum Gasteiger partial charge on any atom is 0.236 e. The molecule has 1 aliphatic carbocycles. The molecule has 1 saturated carbocycles. The zero-order valence-corrected chi connectivity index (χ0v) is 23.6. The number of amides is 1. The number of likely N-dealkylation sites (tertiary alicyclic amines) is 2. The van der Waals surface area contributed by atoms with Crippen molar-refractivity contribution in [3.05, 3.63) is 40.7 Å². The van der Waals surface area contributed by atoms with E-state index in [9.17, 15) is 4.79 Å². The molecular weight excluding hydrogens is 492 g/mol. The Morgan fingerprint density at radius 1 is 1.18 bits per heavy atom. The van der Waals surface area contributed by atoms with Crippen molar-refractivity contribution >= 4 is 33.1 Å². The predicted molar refractivity (Wildman–Crippen MR) is 153 cm³/mol. The van der Waals surface area contributed by atoms with Gasteiger partial charge in [0.25, 0.3) is 0 Å². The number of pyridine rings is 1. The lowest BCUT2D eigenvalue weighted by molar-refractivity contribution is -0.146. The van der Waals surface area contributed by atoms with E-state index in [4.69, 9.17) is 0 Å². The quantitative estimate of drug-likeness (QED) is 0.346. The Hall–Kier alpha value is -2.71. The molecule has 8 heteroatoms. The van der Waals surface area contributed by atoms with Crippen LogP contribution in [0.3, 0.4) is 0 Å². The summed E-state index contributed by atoms with van der Waals surface area (Å²) in [6.45, 7) is 11.5. The van der Waals surface area contributed by atoms with Crippen LogP contribution in [0, 0.1) is 12.3 Å². The molecule has 7 nitrogen and oxygen atoms in total. The largest absolute Gasteiger partial charge is 0.354 e. The monoisotopic (exact) mass is 530 g/mol. The molecule has 1 spiro atoms. The summed E-state index contributed by atoms with van der Waals surface area (Å²) in [5, 5.41) is 4.39. The summed E-state index contributed by atoms with van der Waals surface area (Å²) >= 11 is 2.00. The Balaban J connectivity index is 1.06. The average Bonchev–Trinajstić information content (AvgIpc) is 3.66. The summed E-state index contributed by atoms with van der Waals surface area (Å²) in [6, 6.07) is 4.65. The van der Waals surface area contributed by atoms with E-state index in [0.717, 1.165) is 37.4 Å². The number of fused-ring (bicyclic) bond motifs is 2. The Bertz CT molecular complexity index is 1490. The highest BCUT2D eigenvalue weighted by atomic mass is 32.1. The maximum absolute atomic E-state index is 12.7. The van der Waals surface area contributed by atoms with Gasteiger partial charge < -0.3 is 9.88 Å². The van der Waals surface area contributed by atoms with Gasteiger partial charge in [-0.15, -0.1) is 11.3 Å². The first-order valence-corrected chi connectivity index (χ1v) is 15.2. The van der Waals surface area contributed by atoms with Crippen LogP contribution in [-0.4, -0.2) is 68.0 Å². The van der Waals surface area contributed by atoms with E-state index in [1.54, 1.807) is 6.33 Å². The summed E-state index contributed by atoms with van der Waals surface area (Å²) in [4.78, 5) is 26.9. The third-order valence-electron chi connectivity index (χ3n) is 9.36. The van der Waals surface area contributed by atoms with Crippen LogP contribution in [0.4, 0.5) is 0 Å². The minimum atomic E-state index is 0.349. The van der Waals surface area contributed by atoms with Gasteiger partial charge >= 0.3 is 0 Å². The molecule has 6 heterocycles. The number of hydrogen-bond acceptors (Lipinski definition) is 5. The highest BCUT2D eigenvalue weighted by molar-refractivity contribution is 7.19. The van der Waals surface area contributed by atoms with Gasteiger partial charge in [0.2, 0.25) is 5.91 Å². The number of nitrogens with zero attached hydrogens (tertiary/aromatic N) is 5. The Labute approximate surface area is 228 Å². The van der Waals surface area contributed by atoms with Crippen LogP contribution >= 0.6 is 11.3 Å². The SMILES string of the molecule is Cc1cc(-c2[nH]c3cc(C4CCC5(CC4)CN(C(=O)CN4CCCC4)C5)sc3c2C(C)C)cn2ncnc12. The smallest absolute Gasteiger partial charge is 0.236 e. The van der Waals surface area contributed by atoms with Gasteiger partial charge in [0.15, 0.2) is 5.65 Å². The highest BCUT2D eigenvalue weighted by Gasteiger charge is 2.47. The van der Waals surface area contributed by atoms with Crippen LogP contribution in [0.1, 0.15) is 80.2 Å². The van der Waals surface area contributed by atoms with Crippen molar-refractivity contribution in [1.82, 2.24) is 29.4 Å². The zero-order valence-electron chi connectivity index (χ0n) is 22.8. The second-order valence-electron chi connectivity index (χ2n) is 12.4. The van der Waals surface area contributed by atoms with Crippen molar-refractivity contribution in [1.29, 1.82) is 0 Å². The van der Waals surface area contributed by atoms with Crippen LogP contribution < -0.4 is 0 Å². The third-order valence-corrected chi connectivity index (χ3v) is 10.7. The summed E-state index contributed by atoms with van der Waals surface area (Å²) in [5.41, 5.74) is 7.49. The minimum absolute atomic E-state index is 0.349. The van der Waals surface area contributed by atoms with E-state index in [1.807, 2.05) is 15.9 Å². The van der Waals surface area contributed by atoms with E-state index in [0.29, 0.717) is 29.7 Å². The van der Waals surface area contributed by atoms with Crippen molar-refractivity contribution in [2.75, 3.05) is 32.7 Å². The Kier molecular flexibility index (Phi) is 5.89. The second-order valence-corrected chi connectivity index (χ2v) is 13.5. The second kappa shape index (κ2) is 9.19. The number of carbonyl (C=O) groups is 1. The number of aryl methyl sites for hydroxylation is 1. The van der Waals surface area contributed by atoms with E-state index in [-0.39, 0.29) is 0 Å². The standard InChI is InChI=1S/C30H38N6OS/c1-19(2)26-27(22-12-20(3)29-31-18-32-36(29)14-22)33-23-13-24(38-28(23)26)21-6-8-30(9-7-21)16-35(17-30)25(37)15-34-10-4-5-11-34/h12-14,18-19,21,33H,4-11,15-17H2,1-3H3. The molecule has 2 saturated heterocycles. The number of nitrogens with one attached hydrogen (secondary N) is 1. The Morgan fingerprint density at radius 2 is 1.95 bits per heavy atom. The summed E-state index contributed by atoms with van der Waals surface area (Å²) in [5.74, 6) is 1.41. The number of carbonyl (C=O) groups excluding carboxylic acids is 1. The van der Waals surface area contributed by atoms with Gasteiger partial charge in [-0.05, 0) is 93.6 Å². The fourth-order valence-corrected chi connectivity index (χ4v) is 8.71. The van der Waals surface area contributed by atoms with Crippen molar-refractivity contribution < 1.29 is 4.79 Å². The number of thiophene rings is 1. The lowest BCUT2D eigenvalue weighted by Crippen LogP contribution is -2.60. The van der Waals surface area contributed by atoms with Gasteiger partial charge in [-0.2, -0.15) is 5.10 Å². The first kappa shape index (κ1) is 24.3. The molecule has 2 aliphatic heterocycles.